The SMILES string of the molecule is Cc1noc(-c2ccccc2N(C)C(=O)OC2CCN(C(C)C)CC2)n1. The molecule has 1 fully saturated rings. The maximum Gasteiger partial charge on any atom is 0.414 e. The fourth-order valence-electron chi connectivity index (χ4n) is 3.18. The number of hydrogen-bond acceptors (Lipinski definition) is 6. The van der Waals surface area contributed by atoms with Crippen LogP contribution in [-0.2, 0) is 4.74 Å². The number of nitrogens with zero attached hydrogens (tertiary/aromatic N) is 4. The molecule has 0 saturated carbocycles. The number of benzene rings is 1. The van der Waals surface area contributed by atoms with Gasteiger partial charge >= 0.3 is 6.09 Å². The molecule has 0 unspecified atom stereocenters. The number of ether oxygens (including phenoxy) is 1. The summed E-state index contributed by atoms with van der Waals surface area (Å²) in [4.78, 5) is 20.8. The van der Waals surface area contributed by atoms with Gasteiger partial charge in [-0.3, -0.25) is 4.90 Å². The highest BCUT2D eigenvalue weighted by Crippen LogP contribution is 2.29. The van der Waals surface area contributed by atoms with Crippen molar-refractivity contribution in [3.05, 3.63) is 30.1 Å². The zero-order valence-corrected chi connectivity index (χ0v) is 15.8. The van der Waals surface area contributed by atoms with Crippen molar-refractivity contribution in [3.63, 3.8) is 0 Å². The number of piperidine rings is 1. The Labute approximate surface area is 153 Å². The van der Waals surface area contributed by atoms with E-state index in [9.17, 15) is 4.79 Å². The van der Waals surface area contributed by atoms with Gasteiger partial charge in [0.1, 0.15) is 6.10 Å². The second-order valence-corrected chi connectivity index (χ2v) is 6.94. The van der Waals surface area contributed by atoms with Gasteiger partial charge in [0.15, 0.2) is 5.82 Å². The molecule has 1 aliphatic rings. The van der Waals surface area contributed by atoms with Crippen molar-refractivity contribution in [2.24, 2.45) is 0 Å². The summed E-state index contributed by atoms with van der Waals surface area (Å²) in [6.45, 7) is 8.05. The van der Waals surface area contributed by atoms with Gasteiger partial charge in [0, 0.05) is 26.2 Å². The predicted molar refractivity (Wildman–Crippen MR) is 99.1 cm³/mol. The van der Waals surface area contributed by atoms with E-state index in [0.717, 1.165) is 25.9 Å². The molecule has 2 aromatic rings. The number of aromatic nitrogens is 2. The molecule has 1 saturated heterocycles. The number of anilines is 1. The predicted octanol–water partition coefficient (Wildman–Crippen LogP) is 3.49. The lowest BCUT2D eigenvalue weighted by Gasteiger charge is -2.34. The highest BCUT2D eigenvalue weighted by atomic mass is 16.6. The Balaban J connectivity index is 1.68. The molecule has 140 valence electrons. The third-order valence-corrected chi connectivity index (χ3v) is 4.77. The van der Waals surface area contributed by atoms with E-state index in [0.29, 0.717) is 29.0 Å². The van der Waals surface area contributed by atoms with Gasteiger partial charge in [0.05, 0.1) is 11.3 Å². The largest absolute Gasteiger partial charge is 0.446 e. The summed E-state index contributed by atoms with van der Waals surface area (Å²) in [5.41, 5.74) is 1.39. The average molecular weight is 358 g/mol. The third-order valence-electron chi connectivity index (χ3n) is 4.77. The molecule has 26 heavy (non-hydrogen) atoms. The van der Waals surface area contributed by atoms with Crippen LogP contribution in [0.15, 0.2) is 28.8 Å². The molecule has 1 aromatic carbocycles. The molecule has 0 radical (unpaired) electrons. The number of rotatable bonds is 4. The van der Waals surface area contributed by atoms with E-state index in [2.05, 4.69) is 28.9 Å². The van der Waals surface area contributed by atoms with Crippen LogP contribution in [0.4, 0.5) is 10.5 Å². The molecule has 3 rings (SSSR count). The quantitative estimate of drug-likeness (QED) is 0.833. The van der Waals surface area contributed by atoms with Gasteiger partial charge in [-0.05, 0) is 45.7 Å². The van der Waals surface area contributed by atoms with Crippen molar-refractivity contribution in [1.29, 1.82) is 0 Å². The summed E-state index contributed by atoms with van der Waals surface area (Å²) in [5, 5.41) is 3.83. The summed E-state index contributed by atoms with van der Waals surface area (Å²) >= 11 is 0. The van der Waals surface area contributed by atoms with Gasteiger partial charge in [0.2, 0.25) is 0 Å². The molecule has 0 bridgehead atoms. The zero-order valence-electron chi connectivity index (χ0n) is 15.8. The van der Waals surface area contributed by atoms with Crippen LogP contribution in [0.2, 0.25) is 0 Å². The van der Waals surface area contributed by atoms with Gasteiger partial charge in [-0.1, -0.05) is 17.3 Å². The Hall–Kier alpha value is -2.41. The molecule has 0 aliphatic carbocycles. The van der Waals surface area contributed by atoms with E-state index in [1.807, 2.05) is 24.3 Å². The molecule has 0 atom stereocenters. The smallest absolute Gasteiger partial charge is 0.414 e. The highest BCUT2D eigenvalue weighted by molar-refractivity contribution is 5.92. The van der Waals surface area contributed by atoms with E-state index in [4.69, 9.17) is 9.26 Å². The first-order valence-corrected chi connectivity index (χ1v) is 9.04. The summed E-state index contributed by atoms with van der Waals surface area (Å²) in [6, 6.07) is 7.97. The Bertz CT molecular complexity index is 751. The topological polar surface area (TPSA) is 71.7 Å². The first kappa shape index (κ1) is 18.4. The molecule has 1 aliphatic heterocycles. The molecule has 1 amide bonds. The van der Waals surface area contributed by atoms with Crippen molar-refractivity contribution >= 4 is 11.8 Å². The number of likely N-dealkylation sites (tertiary alicyclic amines) is 1. The molecule has 1 aromatic heterocycles. The molecule has 7 heteroatoms. The van der Waals surface area contributed by atoms with Crippen molar-refractivity contribution in [2.45, 2.75) is 45.8 Å². The maximum atomic E-state index is 12.6. The van der Waals surface area contributed by atoms with Crippen LogP contribution in [0.25, 0.3) is 11.5 Å². The molecule has 7 nitrogen and oxygen atoms in total. The minimum absolute atomic E-state index is 0.0437. The Morgan fingerprint density at radius 3 is 2.62 bits per heavy atom. The van der Waals surface area contributed by atoms with Crippen LogP contribution in [0.3, 0.4) is 0 Å². The van der Waals surface area contributed by atoms with Gasteiger partial charge in [-0.15, -0.1) is 0 Å². The van der Waals surface area contributed by atoms with Crippen LogP contribution in [0.5, 0.6) is 0 Å². The summed E-state index contributed by atoms with van der Waals surface area (Å²) in [5.74, 6) is 0.944. The second kappa shape index (κ2) is 7.86. The van der Waals surface area contributed by atoms with Crippen LogP contribution < -0.4 is 4.90 Å². The molecule has 0 N–H and O–H groups in total. The average Bonchev–Trinajstić information content (AvgIpc) is 3.07. The fourth-order valence-corrected chi connectivity index (χ4v) is 3.18. The fraction of sp³-hybridized carbons (Fsp3) is 0.526. The lowest BCUT2D eigenvalue weighted by molar-refractivity contribution is 0.0467. The molecule has 2 heterocycles. The maximum absolute atomic E-state index is 12.6. The van der Waals surface area contributed by atoms with Crippen LogP contribution in [0, 0.1) is 6.92 Å². The lowest BCUT2D eigenvalue weighted by Crippen LogP contribution is -2.42. The number of para-hydroxylation sites is 1. The van der Waals surface area contributed by atoms with Gasteiger partial charge in [0.25, 0.3) is 5.89 Å². The number of amides is 1. The van der Waals surface area contributed by atoms with Gasteiger partial charge in [-0.2, -0.15) is 4.98 Å². The van der Waals surface area contributed by atoms with Crippen molar-refractivity contribution < 1.29 is 14.1 Å². The summed E-state index contributed by atoms with van der Waals surface area (Å²) < 4.78 is 11.0. The first-order valence-electron chi connectivity index (χ1n) is 9.04. The zero-order chi connectivity index (χ0) is 18.7. The Kier molecular flexibility index (Phi) is 5.56. The van der Waals surface area contributed by atoms with E-state index >= 15 is 0 Å². The third kappa shape index (κ3) is 4.04. The first-order chi connectivity index (χ1) is 12.5. The lowest BCUT2D eigenvalue weighted by atomic mass is 10.1. The Morgan fingerprint density at radius 2 is 2.00 bits per heavy atom. The molecule has 0 spiro atoms. The van der Waals surface area contributed by atoms with Crippen LogP contribution in [-0.4, -0.2) is 53.4 Å². The monoisotopic (exact) mass is 358 g/mol. The minimum Gasteiger partial charge on any atom is -0.446 e. The van der Waals surface area contributed by atoms with E-state index in [1.54, 1.807) is 14.0 Å². The minimum atomic E-state index is -0.364. The second-order valence-electron chi connectivity index (χ2n) is 6.94. The highest BCUT2D eigenvalue weighted by Gasteiger charge is 2.26. The Morgan fingerprint density at radius 1 is 1.31 bits per heavy atom. The van der Waals surface area contributed by atoms with E-state index < -0.39 is 0 Å². The standard InChI is InChI=1S/C19H26N4O3/c1-13(2)23-11-9-15(10-12-23)25-19(24)22(4)17-8-6-5-7-16(17)18-20-14(3)21-26-18/h5-8,13,15H,9-12H2,1-4H3. The van der Waals surface area contributed by atoms with Crippen LogP contribution >= 0.6 is 0 Å². The number of hydrogen-bond donors (Lipinski definition) is 0. The van der Waals surface area contributed by atoms with Crippen molar-refractivity contribution in [2.75, 3.05) is 25.0 Å². The number of carbonyl (C=O) groups is 1. The number of aryl methyl sites for hydroxylation is 1. The van der Waals surface area contributed by atoms with E-state index in [1.165, 1.54) is 4.90 Å². The van der Waals surface area contributed by atoms with E-state index in [-0.39, 0.29) is 12.2 Å². The summed E-state index contributed by atoms with van der Waals surface area (Å²) in [7, 11) is 1.70. The van der Waals surface area contributed by atoms with Crippen molar-refractivity contribution in [3.8, 4) is 11.5 Å². The summed E-state index contributed by atoms with van der Waals surface area (Å²) in [6.07, 6.45) is 1.32. The molecular weight excluding hydrogens is 332 g/mol. The van der Waals surface area contributed by atoms with Crippen molar-refractivity contribution in [1.82, 2.24) is 15.0 Å². The molecular formula is C19H26N4O3. The van der Waals surface area contributed by atoms with Gasteiger partial charge < -0.3 is 14.2 Å². The normalized spacial score (nSPS) is 16.0. The number of carbonyl (C=O) groups excluding carboxylic acids is 1. The van der Waals surface area contributed by atoms with Gasteiger partial charge in [-0.25, -0.2) is 4.79 Å². The van der Waals surface area contributed by atoms with Crippen LogP contribution in [0.1, 0.15) is 32.5 Å².